The van der Waals surface area contributed by atoms with Crippen molar-refractivity contribution < 1.29 is 4.74 Å². The first kappa shape index (κ1) is 15.2. The Bertz CT molecular complexity index is 561. The lowest BCUT2D eigenvalue weighted by Gasteiger charge is -2.17. The highest BCUT2D eigenvalue weighted by atomic mass is 127. The van der Waals surface area contributed by atoms with Crippen molar-refractivity contribution in [2.75, 3.05) is 7.11 Å². The molecule has 1 aromatic heterocycles. The molecule has 6 heteroatoms. The zero-order valence-electron chi connectivity index (χ0n) is 10.3. The van der Waals surface area contributed by atoms with Crippen molar-refractivity contribution >= 4 is 49.9 Å². The van der Waals surface area contributed by atoms with E-state index in [1.165, 1.54) is 8.45 Å². The third-order valence-corrected chi connectivity index (χ3v) is 5.16. The van der Waals surface area contributed by atoms with Gasteiger partial charge in [0, 0.05) is 4.47 Å². The molecule has 3 N–H and O–H groups in total. The van der Waals surface area contributed by atoms with Gasteiger partial charge in [-0.3, -0.25) is 11.3 Å². The molecule has 0 aliphatic carbocycles. The molecule has 0 spiro atoms. The Morgan fingerprint density at radius 2 is 2.26 bits per heavy atom. The van der Waals surface area contributed by atoms with Gasteiger partial charge in [-0.2, -0.15) is 0 Å². The molecule has 0 saturated carbocycles. The molecule has 102 valence electrons. The quantitative estimate of drug-likeness (QED) is 0.411. The SMILES string of the molecule is COc1ccc(Br)cc1CC(NN)c1csc(I)c1. The number of hydrogen-bond acceptors (Lipinski definition) is 4. The number of hydrogen-bond donors (Lipinski definition) is 2. The second-order valence-corrected chi connectivity index (χ2v) is 7.78. The summed E-state index contributed by atoms with van der Waals surface area (Å²) in [7, 11) is 1.69. The van der Waals surface area contributed by atoms with E-state index in [1.54, 1.807) is 18.4 Å². The summed E-state index contributed by atoms with van der Waals surface area (Å²) in [5.74, 6) is 6.57. The molecule has 0 saturated heterocycles. The van der Waals surface area contributed by atoms with E-state index in [0.717, 1.165) is 22.2 Å². The van der Waals surface area contributed by atoms with Crippen molar-refractivity contribution in [3.8, 4) is 5.75 Å². The van der Waals surface area contributed by atoms with Gasteiger partial charge < -0.3 is 4.74 Å². The van der Waals surface area contributed by atoms with Gasteiger partial charge in [0.25, 0.3) is 0 Å². The summed E-state index contributed by atoms with van der Waals surface area (Å²) in [4.78, 5) is 0. The van der Waals surface area contributed by atoms with Gasteiger partial charge in [0.2, 0.25) is 0 Å². The topological polar surface area (TPSA) is 47.3 Å². The number of thiophene rings is 1. The number of methoxy groups -OCH3 is 1. The van der Waals surface area contributed by atoms with Gasteiger partial charge in [-0.25, -0.2) is 0 Å². The van der Waals surface area contributed by atoms with E-state index < -0.39 is 0 Å². The minimum absolute atomic E-state index is 0.0861. The maximum absolute atomic E-state index is 5.69. The maximum atomic E-state index is 5.69. The van der Waals surface area contributed by atoms with Crippen molar-refractivity contribution in [3.63, 3.8) is 0 Å². The second kappa shape index (κ2) is 7.03. The molecule has 3 nitrogen and oxygen atoms in total. The van der Waals surface area contributed by atoms with E-state index >= 15 is 0 Å². The molecule has 19 heavy (non-hydrogen) atoms. The molecular weight excluding hydrogens is 439 g/mol. The van der Waals surface area contributed by atoms with Crippen molar-refractivity contribution in [3.05, 3.63) is 48.1 Å². The lowest BCUT2D eigenvalue weighted by atomic mass is 10.0. The predicted octanol–water partition coefficient (Wildman–Crippen LogP) is 3.87. The average Bonchev–Trinajstić information content (AvgIpc) is 2.82. The molecule has 0 radical (unpaired) electrons. The lowest BCUT2D eigenvalue weighted by Crippen LogP contribution is -2.29. The molecule has 1 unspecified atom stereocenters. The Kier molecular flexibility index (Phi) is 5.64. The van der Waals surface area contributed by atoms with Crippen LogP contribution in [-0.4, -0.2) is 7.11 Å². The molecule has 1 heterocycles. The summed E-state index contributed by atoms with van der Waals surface area (Å²) in [6.07, 6.45) is 0.784. The number of halogens is 2. The number of nitrogens with two attached hydrogens (primary N) is 1. The number of ether oxygens (including phenoxy) is 1. The number of hydrazine groups is 1. The lowest BCUT2D eigenvalue weighted by molar-refractivity contribution is 0.405. The van der Waals surface area contributed by atoms with Gasteiger partial charge in [0.15, 0.2) is 0 Å². The van der Waals surface area contributed by atoms with Gasteiger partial charge in [-0.15, -0.1) is 11.3 Å². The predicted molar refractivity (Wildman–Crippen MR) is 91.5 cm³/mol. The van der Waals surface area contributed by atoms with Gasteiger partial charge in [0.1, 0.15) is 5.75 Å². The van der Waals surface area contributed by atoms with E-state index in [9.17, 15) is 0 Å². The van der Waals surface area contributed by atoms with Crippen molar-refractivity contribution in [2.24, 2.45) is 5.84 Å². The second-order valence-electron chi connectivity index (χ2n) is 4.06. The molecule has 2 rings (SSSR count). The van der Waals surface area contributed by atoms with E-state index in [-0.39, 0.29) is 6.04 Å². The monoisotopic (exact) mass is 452 g/mol. The number of nitrogens with one attached hydrogen (secondary N) is 1. The molecule has 0 aliphatic rings. The molecule has 1 aromatic carbocycles. The maximum Gasteiger partial charge on any atom is 0.122 e. The van der Waals surface area contributed by atoms with Crippen LogP contribution in [0.15, 0.2) is 34.1 Å². The van der Waals surface area contributed by atoms with Crippen molar-refractivity contribution in [1.82, 2.24) is 5.43 Å². The smallest absolute Gasteiger partial charge is 0.122 e. The van der Waals surface area contributed by atoms with Crippen LogP contribution in [0, 0.1) is 2.88 Å². The Morgan fingerprint density at radius 3 is 2.84 bits per heavy atom. The summed E-state index contributed by atoms with van der Waals surface area (Å²) >= 11 is 7.53. The van der Waals surface area contributed by atoms with Crippen LogP contribution in [0.5, 0.6) is 5.75 Å². The van der Waals surface area contributed by atoms with Crippen LogP contribution in [0.2, 0.25) is 0 Å². The summed E-state index contributed by atoms with van der Waals surface area (Å²) in [5.41, 5.74) is 5.22. The molecule has 2 aromatic rings. The summed E-state index contributed by atoms with van der Waals surface area (Å²) < 4.78 is 7.70. The fourth-order valence-corrected chi connectivity index (χ4v) is 3.74. The Balaban J connectivity index is 2.25. The fraction of sp³-hybridized carbons (Fsp3) is 0.231. The van der Waals surface area contributed by atoms with Gasteiger partial charge in [0.05, 0.1) is 16.0 Å². The third kappa shape index (κ3) is 3.91. The number of benzene rings is 1. The first-order valence-corrected chi connectivity index (χ1v) is 8.41. The molecule has 0 aliphatic heterocycles. The first-order valence-electron chi connectivity index (χ1n) is 5.66. The van der Waals surface area contributed by atoms with Crippen LogP contribution in [0.3, 0.4) is 0 Å². The molecule has 0 bridgehead atoms. The van der Waals surface area contributed by atoms with Gasteiger partial charge >= 0.3 is 0 Å². The highest BCUT2D eigenvalue weighted by Crippen LogP contribution is 2.29. The standard InChI is InChI=1S/C13H14BrIN2OS/c1-18-12-3-2-10(14)4-8(12)5-11(17-16)9-6-13(15)19-7-9/h2-4,6-7,11,17H,5,16H2,1H3. The zero-order chi connectivity index (χ0) is 13.8. The third-order valence-electron chi connectivity index (χ3n) is 2.86. The van der Waals surface area contributed by atoms with E-state index in [0.29, 0.717) is 0 Å². The highest BCUT2D eigenvalue weighted by molar-refractivity contribution is 14.1. The zero-order valence-corrected chi connectivity index (χ0v) is 14.9. The molecular formula is C13H14BrIN2OS. The van der Waals surface area contributed by atoms with Crippen molar-refractivity contribution in [2.45, 2.75) is 12.5 Å². The normalized spacial score (nSPS) is 12.4. The van der Waals surface area contributed by atoms with Gasteiger partial charge in [-0.1, -0.05) is 15.9 Å². The Labute approximate surface area is 138 Å². The van der Waals surface area contributed by atoms with Crippen LogP contribution in [0.1, 0.15) is 17.2 Å². The van der Waals surface area contributed by atoms with Crippen LogP contribution in [-0.2, 0) is 6.42 Å². The highest BCUT2D eigenvalue weighted by Gasteiger charge is 2.15. The van der Waals surface area contributed by atoms with Crippen LogP contribution >= 0.6 is 49.9 Å². The first-order chi connectivity index (χ1) is 9.13. The fourth-order valence-electron chi connectivity index (χ4n) is 1.91. The summed E-state index contributed by atoms with van der Waals surface area (Å²) in [6.45, 7) is 0. The van der Waals surface area contributed by atoms with Gasteiger partial charge in [-0.05, 0) is 69.8 Å². The molecule has 0 amide bonds. The minimum Gasteiger partial charge on any atom is -0.496 e. The Hall–Kier alpha value is -0.150. The largest absolute Gasteiger partial charge is 0.496 e. The minimum atomic E-state index is 0.0861. The summed E-state index contributed by atoms with van der Waals surface area (Å²) in [6, 6.07) is 8.24. The summed E-state index contributed by atoms with van der Waals surface area (Å²) in [5, 5.41) is 2.14. The van der Waals surface area contributed by atoms with Crippen molar-refractivity contribution in [1.29, 1.82) is 0 Å². The van der Waals surface area contributed by atoms with Crippen LogP contribution < -0.4 is 16.0 Å². The average molecular weight is 453 g/mol. The van der Waals surface area contributed by atoms with E-state index in [1.807, 2.05) is 12.1 Å². The Morgan fingerprint density at radius 1 is 1.47 bits per heavy atom. The number of rotatable bonds is 5. The van der Waals surface area contributed by atoms with Crippen LogP contribution in [0.4, 0.5) is 0 Å². The van der Waals surface area contributed by atoms with Crippen LogP contribution in [0.25, 0.3) is 0 Å². The molecule has 1 atom stereocenters. The molecule has 0 fully saturated rings. The van der Waals surface area contributed by atoms with E-state index in [4.69, 9.17) is 10.6 Å². The van der Waals surface area contributed by atoms with E-state index in [2.05, 4.69) is 61.5 Å².